The fraction of sp³-hybridized carbons (Fsp3) is 0.935. The fourth-order valence-electron chi connectivity index (χ4n) is 8.42. The Kier molecular flexibility index (Phi) is 10.5. The van der Waals surface area contributed by atoms with Crippen LogP contribution in [0.4, 0.5) is 0 Å². The summed E-state index contributed by atoms with van der Waals surface area (Å²) in [6.07, 6.45) is 9.42. The van der Waals surface area contributed by atoms with E-state index in [9.17, 15) is 9.59 Å². The number of hydrogen-bond donors (Lipinski definition) is 0. The van der Waals surface area contributed by atoms with Gasteiger partial charge in [0.2, 0.25) is 0 Å². The molecule has 4 heteroatoms. The summed E-state index contributed by atoms with van der Waals surface area (Å²) in [6, 6.07) is 0. The Morgan fingerprint density at radius 2 is 0.943 bits per heavy atom. The molecule has 0 heterocycles. The van der Waals surface area contributed by atoms with Gasteiger partial charge in [-0.1, -0.05) is 48.5 Å². The second-order valence-electron chi connectivity index (χ2n) is 13.4. The van der Waals surface area contributed by atoms with Crippen LogP contribution in [0.25, 0.3) is 0 Å². The molecule has 0 radical (unpaired) electrons. The van der Waals surface area contributed by atoms with Gasteiger partial charge >= 0.3 is 11.9 Å². The fourth-order valence-corrected chi connectivity index (χ4v) is 8.42. The van der Waals surface area contributed by atoms with Crippen molar-refractivity contribution in [3.8, 4) is 0 Å². The third-order valence-electron chi connectivity index (χ3n) is 10.1. The van der Waals surface area contributed by atoms with Crippen molar-refractivity contribution in [2.75, 3.05) is 13.2 Å². The number of carbonyl (C=O) groups excluding carboxylic acids is 2. The predicted octanol–water partition coefficient (Wildman–Crippen LogP) is 7.54. The zero-order valence-electron chi connectivity index (χ0n) is 23.8. The van der Waals surface area contributed by atoms with Gasteiger partial charge in [0, 0.05) is 0 Å². The van der Waals surface area contributed by atoms with Gasteiger partial charge in [-0.2, -0.15) is 0 Å². The lowest BCUT2D eigenvalue weighted by atomic mass is 9.68. The van der Waals surface area contributed by atoms with Crippen molar-refractivity contribution in [2.24, 2.45) is 65.1 Å². The van der Waals surface area contributed by atoms with Crippen LogP contribution in [0.15, 0.2) is 0 Å². The summed E-state index contributed by atoms with van der Waals surface area (Å²) in [7, 11) is 0. The molecule has 35 heavy (non-hydrogen) atoms. The van der Waals surface area contributed by atoms with E-state index in [1.165, 1.54) is 25.7 Å². The van der Waals surface area contributed by atoms with E-state index >= 15 is 0 Å². The van der Waals surface area contributed by atoms with Crippen molar-refractivity contribution in [3.63, 3.8) is 0 Å². The highest BCUT2D eigenvalue weighted by molar-refractivity contribution is 5.82. The summed E-state index contributed by atoms with van der Waals surface area (Å²) >= 11 is 0. The first-order chi connectivity index (χ1) is 16.6. The average Bonchev–Trinajstić information content (AvgIpc) is 2.76. The van der Waals surface area contributed by atoms with Gasteiger partial charge in [0.05, 0.1) is 25.0 Å². The average molecular weight is 491 g/mol. The Balaban J connectivity index is 1.48. The van der Waals surface area contributed by atoms with E-state index in [0.29, 0.717) is 54.6 Å². The summed E-state index contributed by atoms with van der Waals surface area (Å²) in [5, 5.41) is 0. The molecule has 3 fully saturated rings. The van der Waals surface area contributed by atoms with Gasteiger partial charge in [0.25, 0.3) is 0 Å². The molecule has 7 atom stereocenters. The van der Waals surface area contributed by atoms with E-state index < -0.39 is 0 Å². The van der Waals surface area contributed by atoms with Gasteiger partial charge < -0.3 is 9.47 Å². The molecular weight excluding hydrogens is 436 g/mol. The van der Waals surface area contributed by atoms with E-state index in [2.05, 4.69) is 48.5 Å². The van der Waals surface area contributed by atoms with Crippen LogP contribution >= 0.6 is 0 Å². The van der Waals surface area contributed by atoms with E-state index in [-0.39, 0.29) is 23.8 Å². The monoisotopic (exact) mass is 490 g/mol. The maximum absolute atomic E-state index is 13.1. The predicted molar refractivity (Wildman–Crippen MR) is 142 cm³/mol. The van der Waals surface area contributed by atoms with Crippen LogP contribution in [0.2, 0.25) is 0 Å². The van der Waals surface area contributed by atoms with Gasteiger partial charge in [-0.25, -0.2) is 0 Å². The van der Waals surface area contributed by atoms with Crippen molar-refractivity contribution < 1.29 is 19.1 Å². The van der Waals surface area contributed by atoms with E-state index in [1.807, 2.05) is 0 Å². The minimum atomic E-state index is -0.346. The van der Waals surface area contributed by atoms with Gasteiger partial charge in [0.15, 0.2) is 0 Å². The first-order valence-electron chi connectivity index (χ1n) is 14.9. The normalized spacial score (nSPS) is 42.3. The molecule has 0 amide bonds. The summed E-state index contributed by atoms with van der Waals surface area (Å²) in [5.74, 6) is 4.98. The van der Waals surface area contributed by atoms with Gasteiger partial charge in [-0.15, -0.1) is 0 Å². The molecule has 0 spiro atoms. The third kappa shape index (κ3) is 7.71. The van der Waals surface area contributed by atoms with Crippen LogP contribution in [0.1, 0.15) is 106 Å². The lowest BCUT2D eigenvalue weighted by Gasteiger charge is -2.38. The molecule has 0 N–H and O–H groups in total. The Morgan fingerprint density at radius 1 is 0.543 bits per heavy atom. The number of carbonyl (C=O) groups is 2. The van der Waals surface area contributed by atoms with Crippen LogP contribution in [0.3, 0.4) is 0 Å². The van der Waals surface area contributed by atoms with Gasteiger partial charge in [-0.3, -0.25) is 9.59 Å². The second-order valence-corrected chi connectivity index (χ2v) is 13.4. The summed E-state index contributed by atoms with van der Waals surface area (Å²) < 4.78 is 11.6. The first-order valence-corrected chi connectivity index (χ1v) is 14.9. The molecule has 3 rings (SSSR count). The Labute approximate surface area is 215 Å². The van der Waals surface area contributed by atoms with Crippen LogP contribution in [-0.2, 0) is 19.1 Å². The molecule has 3 saturated carbocycles. The summed E-state index contributed by atoms with van der Waals surface area (Å²) in [5.41, 5.74) is 0. The standard InChI is InChI=1S/C31H54O4/c1-19-8-9-28(30(32)34-12-10-26-22(4)14-20(2)15-23(26)5)29(18-19)31(33)35-13-11-27-24(6)16-21(3)17-25(27)7/h19-29H,8-18H2,1-7H3. The largest absolute Gasteiger partial charge is 0.465 e. The van der Waals surface area contributed by atoms with Crippen molar-refractivity contribution in [2.45, 2.75) is 106 Å². The maximum Gasteiger partial charge on any atom is 0.309 e. The van der Waals surface area contributed by atoms with Crippen molar-refractivity contribution in [3.05, 3.63) is 0 Å². The molecule has 0 aromatic carbocycles. The van der Waals surface area contributed by atoms with Gasteiger partial charge in [-0.05, 0) is 111 Å². The molecule has 0 saturated heterocycles. The van der Waals surface area contributed by atoms with Crippen LogP contribution in [0, 0.1) is 65.1 Å². The zero-order chi connectivity index (χ0) is 25.7. The molecule has 0 aromatic rings. The molecule has 3 aliphatic rings. The number of esters is 2. The lowest BCUT2D eigenvalue weighted by molar-refractivity contribution is -0.164. The summed E-state index contributed by atoms with van der Waals surface area (Å²) in [4.78, 5) is 26.2. The van der Waals surface area contributed by atoms with E-state index in [4.69, 9.17) is 9.47 Å². The number of hydrogen-bond acceptors (Lipinski definition) is 4. The maximum atomic E-state index is 13.1. The number of rotatable bonds is 8. The smallest absolute Gasteiger partial charge is 0.309 e. The Hall–Kier alpha value is -1.06. The zero-order valence-corrected chi connectivity index (χ0v) is 23.8. The van der Waals surface area contributed by atoms with Crippen LogP contribution in [0.5, 0.6) is 0 Å². The molecule has 0 aliphatic heterocycles. The highest BCUT2D eigenvalue weighted by Crippen LogP contribution is 2.41. The summed E-state index contributed by atoms with van der Waals surface area (Å²) in [6.45, 7) is 17.2. The van der Waals surface area contributed by atoms with Crippen molar-refractivity contribution in [1.29, 1.82) is 0 Å². The Bertz CT molecular complexity index is 665. The van der Waals surface area contributed by atoms with Crippen LogP contribution in [-0.4, -0.2) is 25.2 Å². The topological polar surface area (TPSA) is 52.6 Å². The lowest BCUT2D eigenvalue weighted by Crippen LogP contribution is -2.38. The molecule has 0 bridgehead atoms. The van der Waals surface area contributed by atoms with Crippen molar-refractivity contribution in [1.82, 2.24) is 0 Å². The highest BCUT2D eigenvalue weighted by Gasteiger charge is 2.41. The van der Waals surface area contributed by atoms with Gasteiger partial charge in [0.1, 0.15) is 0 Å². The molecule has 0 aromatic heterocycles. The minimum absolute atomic E-state index is 0.174. The third-order valence-corrected chi connectivity index (χ3v) is 10.1. The van der Waals surface area contributed by atoms with Crippen molar-refractivity contribution >= 4 is 11.9 Å². The Morgan fingerprint density at radius 3 is 1.37 bits per heavy atom. The first kappa shape index (κ1) is 28.5. The quantitative estimate of drug-likeness (QED) is 0.330. The molecule has 4 nitrogen and oxygen atoms in total. The number of ether oxygens (including phenoxy) is 2. The highest BCUT2D eigenvalue weighted by atomic mass is 16.5. The molecular formula is C31H54O4. The minimum Gasteiger partial charge on any atom is -0.465 e. The molecule has 3 aliphatic carbocycles. The molecule has 7 unspecified atom stereocenters. The van der Waals surface area contributed by atoms with E-state index in [0.717, 1.165) is 43.9 Å². The van der Waals surface area contributed by atoms with Crippen LogP contribution < -0.4 is 0 Å². The molecule has 202 valence electrons. The van der Waals surface area contributed by atoms with E-state index in [1.54, 1.807) is 0 Å². The second kappa shape index (κ2) is 13.0. The SMILES string of the molecule is CC1CC(C)C(CCOC(=O)C2CCC(C)CC2C(=O)OCCC2C(C)CC(C)CC2C)C(C)C1.